The summed E-state index contributed by atoms with van der Waals surface area (Å²) in [6.45, 7) is 1.84. The Hall–Kier alpha value is -1.30. The maximum absolute atomic E-state index is 11.3. The number of esters is 1. The predicted molar refractivity (Wildman–Crippen MR) is 46.7 cm³/mol. The summed E-state index contributed by atoms with van der Waals surface area (Å²) in [5, 5.41) is 0. The van der Waals surface area contributed by atoms with Crippen LogP contribution in [-0.2, 0) is 14.3 Å². The van der Waals surface area contributed by atoms with Gasteiger partial charge < -0.3 is 4.74 Å². The summed E-state index contributed by atoms with van der Waals surface area (Å²) in [6, 6.07) is 0. The quantitative estimate of drug-likeness (QED) is 0.358. The monoisotopic (exact) mass is 180 g/mol. The van der Waals surface area contributed by atoms with Crippen molar-refractivity contribution in [1.29, 1.82) is 0 Å². The minimum atomic E-state index is -0.576. The molecule has 0 N–H and O–H groups in total. The predicted octanol–water partition coefficient (Wildman–Crippen LogP) is 0.778. The molecule has 13 heavy (non-hydrogen) atoms. The molecule has 2 unspecified atom stereocenters. The molecule has 0 heterocycles. The summed E-state index contributed by atoms with van der Waals surface area (Å²) in [4.78, 5) is 22.5. The van der Waals surface area contributed by atoms with E-state index in [1.165, 1.54) is 0 Å². The number of Topliss-reactive ketones (excluding diaryl/α,β-unsaturated/α-hetero) is 1. The Kier molecular flexibility index (Phi) is 3.07. The minimum absolute atomic E-state index is 0.0190. The molecule has 0 aromatic carbocycles. The zero-order valence-electron chi connectivity index (χ0n) is 7.58. The van der Waals surface area contributed by atoms with Crippen LogP contribution in [-0.4, -0.2) is 18.4 Å². The Morgan fingerprint density at radius 3 is 2.92 bits per heavy atom. The van der Waals surface area contributed by atoms with Gasteiger partial charge in [-0.25, -0.2) is 0 Å². The number of carbonyl (C=O) groups excluding carboxylic acids is 2. The van der Waals surface area contributed by atoms with E-state index >= 15 is 0 Å². The molecular formula is C10H12O3. The molecule has 3 nitrogen and oxygen atoms in total. The summed E-state index contributed by atoms with van der Waals surface area (Å²) in [5.41, 5.74) is 0. The Bertz CT molecular complexity index is 262. The molecule has 1 rings (SSSR count). The second-order valence-electron chi connectivity index (χ2n) is 3.27. The Morgan fingerprint density at radius 1 is 1.77 bits per heavy atom. The average Bonchev–Trinajstić information content (AvgIpc) is 2.42. The van der Waals surface area contributed by atoms with Crippen LogP contribution in [0.1, 0.15) is 19.8 Å². The molecular weight excluding hydrogens is 168 g/mol. The van der Waals surface area contributed by atoms with Gasteiger partial charge in [0.15, 0.2) is 6.61 Å². The number of ether oxygens (including phenoxy) is 1. The first-order valence-electron chi connectivity index (χ1n) is 4.29. The minimum Gasteiger partial charge on any atom is -0.452 e. The van der Waals surface area contributed by atoms with Gasteiger partial charge in [0.05, 0.1) is 0 Å². The highest BCUT2D eigenvalue weighted by Crippen LogP contribution is 2.28. The van der Waals surface area contributed by atoms with Gasteiger partial charge in [0.1, 0.15) is 11.7 Å². The van der Waals surface area contributed by atoms with Gasteiger partial charge in [-0.3, -0.25) is 9.59 Å². The number of carbonyl (C=O) groups is 2. The van der Waals surface area contributed by atoms with E-state index < -0.39 is 11.9 Å². The lowest BCUT2D eigenvalue weighted by atomic mass is 9.98. The summed E-state index contributed by atoms with van der Waals surface area (Å²) >= 11 is 0. The van der Waals surface area contributed by atoms with Gasteiger partial charge in [0.2, 0.25) is 0 Å². The van der Waals surface area contributed by atoms with Gasteiger partial charge >= 0.3 is 5.97 Å². The maximum Gasteiger partial charge on any atom is 0.317 e. The Balaban J connectivity index is 2.55. The molecule has 1 saturated carbocycles. The van der Waals surface area contributed by atoms with E-state index in [9.17, 15) is 9.59 Å². The normalized spacial score (nSPS) is 26.9. The van der Waals surface area contributed by atoms with Crippen LogP contribution in [0, 0.1) is 24.2 Å². The zero-order valence-corrected chi connectivity index (χ0v) is 7.58. The molecule has 1 aliphatic rings. The highest BCUT2D eigenvalue weighted by atomic mass is 16.5. The number of ketones is 1. The average molecular weight is 180 g/mol. The van der Waals surface area contributed by atoms with E-state index in [1.54, 1.807) is 0 Å². The molecule has 0 bridgehead atoms. The molecule has 1 fully saturated rings. The van der Waals surface area contributed by atoms with Crippen molar-refractivity contribution in [2.75, 3.05) is 6.61 Å². The van der Waals surface area contributed by atoms with E-state index in [2.05, 4.69) is 5.92 Å². The van der Waals surface area contributed by atoms with Gasteiger partial charge in [0.25, 0.3) is 0 Å². The van der Waals surface area contributed by atoms with Gasteiger partial charge in [-0.05, 0) is 12.3 Å². The molecule has 0 aliphatic heterocycles. The third kappa shape index (κ3) is 2.09. The van der Waals surface area contributed by atoms with Crippen molar-refractivity contribution in [3.8, 4) is 12.3 Å². The molecule has 70 valence electrons. The second kappa shape index (κ2) is 4.08. The third-order valence-corrected chi connectivity index (χ3v) is 2.31. The number of hydrogen-bond donors (Lipinski definition) is 0. The molecule has 0 amide bonds. The summed E-state index contributed by atoms with van der Waals surface area (Å²) in [7, 11) is 0. The zero-order chi connectivity index (χ0) is 9.84. The van der Waals surface area contributed by atoms with E-state index in [4.69, 9.17) is 11.2 Å². The summed E-state index contributed by atoms with van der Waals surface area (Å²) in [5.74, 6) is 1.23. The fourth-order valence-corrected chi connectivity index (χ4v) is 1.58. The first-order valence-corrected chi connectivity index (χ1v) is 4.29. The van der Waals surface area contributed by atoms with E-state index in [-0.39, 0.29) is 18.3 Å². The van der Waals surface area contributed by atoms with Crippen LogP contribution in [0.2, 0.25) is 0 Å². The standard InChI is InChI=1S/C10H12O3/c1-3-6-13-10(12)9-7(2)4-5-8(9)11/h1,7,9H,4-6H2,2H3. The fourth-order valence-electron chi connectivity index (χ4n) is 1.58. The fraction of sp³-hybridized carbons (Fsp3) is 0.600. The SMILES string of the molecule is C#CCOC(=O)C1C(=O)CCC1C. The summed E-state index contributed by atoms with van der Waals surface area (Å²) < 4.78 is 4.72. The van der Waals surface area contributed by atoms with Crippen molar-refractivity contribution in [3.63, 3.8) is 0 Å². The van der Waals surface area contributed by atoms with E-state index in [1.807, 2.05) is 6.92 Å². The van der Waals surface area contributed by atoms with Crippen LogP contribution in [0.15, 0.2) is 0 Å². The molecule has 0 radical (unpaired) electrons. The van der Waals surface area contributed by atoms with Crippen molar-refractivity contribution in [3.05, 3.63) is 0 Å². The van der Waals surface area contributed by atoms with Crippen LogP contribution in [0.25, 0.3) is 0 Å². The van der Waals surface area contributed by atoms with Crippen LogP contribution in [0.3, 0.4) is 0 Å². The molecule has 0 aromatic heterocycles. The van der Waals surface area contributed by atoms with Gasteiger partial charge in [0, 0.05) is 6.42 Å². The maximum atomic E-state index is 11.3. The van der Waals surface area contributed by atoms with Gasteiger partial charge in [-0.2, -0.15) is 0 Å². The van der Waals surface area contributed by atoms with Gasteiger partial charge in [-0.15, -0.1) is 6.42 Å². The highest BCUT2D eigenvalue weighted by molar-refractivity contribution is 6.00. The Labute approximate surface area is 77.5 Å². The van der Waals surface area contributed by atoms with Crippen LogP contribution >= 0.6 is 0 Å². The topological polar surface area (TPSA) is 43.4 Å². The largest absolute Gasteiger partial charge is 0.452 e. The third-order valence-electron chi connectivity index (χ3n) is 2.31. The lowest BCUT2D eigenvalue weighted by Gasteiger charge is -2.11. The van der Waals surface area contributed by atoms with Crippen LogP contribution in [0.5, 0.6) is 0 Å². The van der Waals surface area contributed by atoms with Crippen LogP contribution < -0.4 is 0 Å². The number of rotatable bonds is 2. The molecule has 2 atom stereocenters. The van der Waals surface area contributed by atoms with Crippen molar-refractivity contribution < 1.29 is 14.3 Å². The summed E-state index contributed by atoms with van der Waals surface area (Å²) in [6.07, 6.45) is 6.19. The molecule has 3 heteroatoms. The van der Waals surface area contributed by atoms with Crippen molar-refractivity contribution in [1.82, 2.24) is 0 Å². The van der Waals surface area contributed by atoms with Crippen LogP contribution in [0.4, 0.5) is 0 Å². The van der Waals surface area contributed by atoms with E-state index in [0.29, 0.717) is 6.42 Å². The van der Waals surface area contributed by atoms with Crippen molar-refractivity contribution in [2.45, 2.75) is 19.8 Å². The first kappa shape index (κ1) is 9.79. The lowest BCUT2D eigenvalue weighted by Crippen LogP contribution is -2.25. The Morgan fingerprint density at radius 2 is 2.46 bits per heavy atom. The first-order chi connectivity index (χ1) is 6.16. The lowest BCUT2D eigenvalue weighted by molar-refractivity contribution is -0.150. The second-order valence-corrected chi connectivity index (χ2v) is 3.27. The molecule has 1 aliphatic carbocycles. The molecule has 0 spiro atoms. The highest BCUT2D eigenvalue weighted by Gasteiger charge is 2.38. The smallest absolute Gasteiger partial charge is 0.317 e. The molecule has 0 saturated heterocycles. The van der Waals surface area contributed by atoms with E-state index in [0.717, 1.165) is 6.42 Å². The number of hydrogen-bond acceptors (Lipinski definition) is 3. The molecule has 0 aromatic rings. The number of terminal acetylenes is 1. The van der Waals surface area contributed by atoms with Crippen molar-refractivity contribution in [2.24, 2.45) is 11.8 Å². The van der Waals surface area contributed by atoms with Gasteiger partial charge in [-0.1, -0.05) is 12.8 Å². The van der Waals surface area contributed by atoms with Crippen molar-refractivity contribution >= 4 is 11.8 Å².